The maximum absolute atomic E-state index is 10.4. The molecule has 3 saturated carbocycles. The van der Waals surface area contributed by atoms with Crippen molar-refractivity contribution in [3.05, 3.63) is 34.4 Å². The highest BCUT2D eigenvalue weighted by atomic mass is 16.3. The van der Waals surface area contributed by atoms with Gasteiger partial charge >= 0.3 is 0 Å². The van der Waals surface area contributed by atoms with E-state index in [-0.39, 0.29) is 6.61 Å². The van der Waals surface area contributed by atoms with Crippen molar-refractivity contribution in [3.8, 4) is 0 Å². The van der Waals surface area contributed by atoms with Gasteiger partial charge in [-0.05, 0) is 78.5 Å². The van der Waals surface area contributed by atoms with Crippen molar-refractivity contribution in [2.75, 3.05) is 0 Å². The number of hydrogen-bond acceptors (Lipinski definition) is 1. The molecule has 0 bridgehead atoms. The molecule has 0 heterocycles. The van der Waals surface area contributed by atoms with E-state index in [1.54, 1.807) is 16.7 Å². The SMILES string of the molecule is OCc1c(C2CCCCC2)cc(C2CCCCC2)cc1C1CCCCC1. The Morgan fingerprint density at radius 2 is 0.962 bits per heavy atom. The van der Waals surface area contributed by atoms with Crippen LogP contribution in [0.5, 0.6) is 0 Å². The lowest BCUT2D eigenvalue weighted by Gasteiger charge is -2.32. The summed E-state index contributed by atoms with van der Waals surface area (Å²) in [7, 11) is 0. The molecule has 0 radical (unpaired) electrons. The van der Waals surface area contributed by atoms with Gasteiger partial charge < -0.3 is 5.11 Å². The number of hydrogen-bond donors (Lipinski definition) is 1. The molecular weight excluding hydrogens is 316 g/mol. The molecule has 26 heavy (non-hydrogen) atoms. The Hall–Kier alpha value is -0.820. The molecule has 3 aliphatic carbocycles. The van der Waals surface area contributed by atoms with Gasteiger partial charge in [0.1, 0.15) is 0 Å². The highest BCUT2D eigenvalue weighted by Crippen LogP contribution is 2.43. The Bertz CT molecular complexity index is 533. The molecule has 3 aliphatic rings. The molecule has 0 unspecified atom stereocenters. The van der Waals surface area contributed by atoms with Crippen molar-refractivity contribution in [1.82, 2.24) is 0 Å². The summed E-state index contributed by atoms with van der Waals surface area (Å²) in [4.78, 5) is 0. The van der Waals surface area contributed by atoms with Gasteiger partial charge in [-0.3, -0.25) is 0 Å². The van der Waals surface area contributed by atoms with Crippen LogP contribution in [0.4, 0.5) is 0 Å². The molecule has 4 rings (SSSR count). The van der Waals surface area contributed by atoms with Gasteiger partial charge in [-0.25, -0.2) is 0 Å². The van der Waals surface area contributed by atoms with Gasteiger partial charge in [0.25, 0.3) is 0 Å². The quantitative estimate of drug-likeness (QED) is 0.600. The Kier molecular flexibility index (Phi) is 6.36. The first-order chi connectivity index (χ1) is 12.9. The van der Waals surface area contributed by atoms with E-state index in [0.29, 0.717) is 11.8 Å². The van der Waals surface area contributed by atoms with Crippen molar-refractivity contribution >= 4 is 0 Å². The van der Waals surface area contributed by atoms with Crippen molar-refractivity contribution in [1.29, 1.82) is 0 Å². The summed E-state index contributed by atoms with van der Waals surface area (Å²) in [5.41, 5.74) is 6.07. The molecule has 0 saturated heterocycles. The lowest BCUT2D eigenvalue weighted by atomic mass is 9.73. The monoisotopic (exact) mass is 354 g/mol. The summed E-state index contributed by atoms with van der Waals surface area (Å²) in [5, 5.41) is 10.4. The predicted molar refractivity (Wildman–Crippen MR) is 110 cm³/mol. The third-order valence-electron chi connectivity index (χ3n) is 7.67. The fourth-order valence-corrected chi connectivity index (χ4v) is 6.15. The van der Waals surface area contributed by atoms with Gasteiger partial charge in [0.05, 0.1) is 6.61 Å². The summed E-state index contributed by atoms with van der Waals surface area (Å²) < 4.78 is 0. The number of aliphatic hydroxyl groups is 1. The second kappa shape index (κ2) is 8.91. The Morgan fingerprint density at radius 1 is 0.577 bits per heavy atom. The maximum atomic E-state index is 10.4. The Labute approximate surface area is 160 Å². The van der Waals surface area contributed by atoms with E-state index in [1.807, 2.05) is 0 Å². The summed E-state index contributed by atoms with van der Waals surface area (Å²) in [6.07, 6.45) is 20.7. The molecule has 0 amide bonds. The normalized spacial score (nSPS) is 24.0. The van der Waals surface area contributed by atoms with Crippen LogP contribution in [0.3, 0.4) is 0 Å². The van der Waals surface area contributed by atoms with Crippen LogP contribution >= 0.6 is 0 Å². The molecule has 144 valence electrons. The van der Waals surface area contributed by atoms with Crippen LogP contribution in [0.15, 0.2) is 12.1 Å². The molecule has 3 fully saturated rings. The molecule has 1 aromatic rings. The van der Waals surface area contributed by atoms with Crippen LogP contribution in [0.1, 0.15) is 136 Å². The molecule has 0 aliphatic heterocycles. The molecule has 1 aromatic carbocycles. The molecular formula is C25H38O. The third kappa shape index (κ3) is 4.03. The van der Waals surface area contributed by atoms with Gasteiger partial charge in [0.15, 0.2) is 0 Å². The lowest BCUT2D eigenvalue weighted by molar-refractivity contribution is 0.275. The van der Waals surface area contributed by atoms with E-state index in [4.69, 9.17) is 0 Å². The van der Waals surface area contributed by atoms with Crippen LogP contribution in [0.2, 0.25) is 0 Å². The minimum Gasteiger partial charge on any atom is -0.392 e. The number of benzene rings is 1. The van der Waals surface area contributed by atoms with Crippen LogP contribution in [-0.4, -0.2) is 5.11 Å². The fourth-order valence-electron chi connectivity index (χ4n) is 6.15. The van der Waals surface area contributed by atoms with Gasteiger partial charge in [0, 0.05) is 0 Å². The second-order valence-corrected chi connectivity index (χ2v) is 9.34. The average molecular weight is 355 g/mol. The van der Waals surface area contributed by atoms with Crippen molar-refractivity contribution in [3.63, 3.8) is 0 Å². The molecule has 0 spiro atoms. The average Bonchev–Trinajstić information content (AvgIpc) is 2.74. The zero-order valence-corrected chi connectivity index (χ0v) is 16.6. The molecule has 0 aromatic heterocycles. The largest absolute Gasteiger partial charge is 0.392 e. The van der Waals surface area contributed by atoms with Gasteiger partial charge in [-0.15, -0.1) is 0 Å². The zero-order valence-electron chi connectivity index (χ0n) is 16.6. The van der Waals surface area contributed by atoms with Crippen LogP contribution in [0.25, 0.3) is 0 Å². The second-order valence-electron chi connectivity index (χ2n) is 9.34. The van der Waals surface area contributed by atoms with Gasteiger partial charge in [-0.2, -0.15) is 0 Å². The highest BCUT2D eigenvalue weighted by Gasteiger charge is 2.27. The van der Waals surface area contributed by atoms with Crippen LogP contribution in [-0.2, 0) is 6.61 Å². The fraction of sp³-hybridized carbons (Fsp3) is 0.760. The molecule has 1 N–H and O–H groups in total. The van der Waals surface area contributed by atoms with E-state index in [9.17, 15) is 5.11 Å². The summed E-state index contributed by atoms with van der Waals surface area (Å²) in [5.74, 6) is 2.19. The first kappa shape index (κ1) is 18.5. The van der Waals surface area contributed by atoms with E-state index in [2.05, 4.69) is 12.1 Å². The topological polar surface area (TPSA) is 20.2 Å². The van der Waals surface area contributed by atoms with Crippen LogP contribution in [0, 0.1) is 0 Å². The number of aliphatic hydroxyl groups excluding tert-OH is 1. The predicted octanol–water partition coefficient (Wildman–Crippen LogP) is 7.32. The van der Waals surface area contributed by atoms with Crippen molar-refractivity contribution in [2.24, 2.45) is 0 Å². The molecule has 1 nitrogen and oxygen atoms in total. The van der Waals surface area contributed by atoms with E-state index in [0.717, 1.165) is 5.92 Å². The maximum Gasteiger partial charge on any atom is 0.0687 e. The minimum atomic E-state index is 0.253. The van der Waals surface area contributed by atoms with E-state index in [1.165, 1.54) is 102 Å². The van der Waals surface area contributed by atoms with E-state index < -0.39 is 0 Å². The third-order valence-corrected chi connectivity index (χ3v) is 7.67. The molecule has 0 atom stereocenters. The molecule has 1 heteroatoms. The Morgan fingerprint density at radius 3 is 1.35 bits per heavy atom. The lowest BCUT2D eigenvalue weighted by Crippen LogP contribution is -2.15. The first-order valence-electron chi connectivity index (χ1n) is 11.6. The van der Waals surface area contributed by atoms with Crippen LogP contribution < -0.4 is 0 Å². The van der Waals surface area contributed by atoms with Gasteiger partial charge in [0.2, 0.25) is 0 Å². The standard InChI is InChI=1S/C25H38O/c26-18-25-23(20-12-6-2-7-13-20)16-22(19-10-4-1-5-11-19)17-24(25)21-14-8-3-9-15-21/h16-17,19-21,26H,1-15,18H2. The summed E-state index contributed by atoms with van der Waals surface area (Å²) in [6, 6.07) is 5.12. The zero-order chi connectivity index (χ0) is 17.8. The smallest absolute Gasteiger partial charge is 0.0687 e. The summed E-state index contributed by atoms with van der Waals surface area (Å²) in [6.45, 7) is 0.253. The first-order valence-corrected chi connectivity index (χ1v) is 11.6. The van der Waals surface area contributed by atoms with Gasteiger partial charge in [-0.1, -0.05) is 69.9 Å². The Balaban J connectivity index is 1.73. The van der Waals surface area contributed by atoms with Crippen molar-refractivity contribution < 1.29 is 5.11 Å². The number of rotatable bonds is 4. The van der Waals surface area contributed by atoms with E-state index >= 15 is 0 Å². The minimum absolute atomic E-state index is 0.253. The highest BCUT2D eigenvalue weighted by molar-refractivity contribution is 5.44. The van der Waals surface area contributed by atoms with Crippen molar-refractivity contribution in [2.45, 2.75) is 121 Å². The summed E-state index contributed by atoms with van der Waals surface area (Å²) >= 11 is 0.